The van der Waals surface area contributed by atoms with E-state index in [0.29, 0.717) is 15.5 Å². The van der Waals surface area contributed by atoms with E-state index in [2.05, 4.69) is 43.9 Å². The predicted molar refractivity (Wildman–Crippen MR) is 63.4 cm³/mol. The van der Waals surface area contributed by atoms with E-state index < -0.39 is 0 Å². The fourth-order valence-corrected chi connectivity index (χ4v) is 1.68. The number of hydrogen-bond acceptors (Lipinski definition) is 2. The highest BCUT2D eigenvalue weighted by molar-refractivity contribution is 9.13. The molecule has 14 heavy (non-hydrogen) atoms. The molecule has 5 heteroatoms. The van der Waals surface area contributed by atoms with Gasteiger partial charge in [0.25, 0.3) is 5.56 Å². The van der Waals surface area contributed by atoms with Crippen molar-refractivity contribution in [2.45, 2.75) is 32.7 Å². The minimum absolute atomic E-state index is 0.0736. The Morgan fingerprint density at radius 3 is 2.79 bits per heavy atom. The standard InChI is InChI=1S/C9H12Br2N2O/c1-2-3-4-5-13-9(14)8(11)7(10)6-12-13/h6H,2-5H2,1H3. The van der Waals surface area contributed by atoms with Crippen LogP contribution >= 0.6 is 31.9 Å². The zero-order valence-electron chi connectivity index (χ0n) is 7.96. The summed E-state index contributed by atoms with van der Waals surface area (Å²) in [5.41, 5.74) is -0.0736. The molecule has 0 spiro atoms. The second-order valence-corrected chi connectivity index (χ2v) is 4.69. The van der Waals surface area contributed by atoms with Gasteiger partial charge in [-0.2, -0.15) is 5.10 Å². The number of aryl methyl sites for hydroxylation is 1. The molecule has 78 valence electrons. The van der Waals surface area contributed by atoms with Crippen LogP contribution in [0.15, 0.2) is 19.9 Å². The van der Waals surface area contributed by atoms with E-state index in [1.807, 2.05) is 0 Å². The Labute approximate surface area is 99.8 Å². The second kappa shape index (κ2) is 5.66. The van der Waals surface area contributed by atoms with Crippen molar-refractivity contribution >= 4 is 31.9 Å². The second-order valence-electron chi connectivity index (χ2n) is 3.04. The van der Waals surface area contributed by atoms with Crippen LogP contribution in [0.3, 0.4) is 0 Å². The van der Waals surface area contributed by atoms with Crippen LogP contribution in [0.1, 0.15) is 26.2 Å². The lowest BCUT2D eigenvalue weighted by Crippen LogP contribution is -2.23. The largest absolute Gasteiger partial charge is 0.282 e. The fourth-order valence-electron chi connectivity index (χ4n) is 1.12. The van der Waals surface area contributed by atoms with E-state index in [1.54, 1.807) is 6.20 Å². The molecule has 0 amide bonds. The molecule has 0 saturated carbocycles. The van der Waals surface area contributed by atoms with Gasteiger partial charge in [-0.1, -0.05) is 19.8 Å². The van der Waals surface area contributed by atoms with Crippen molar-refractivity contribution in [3.05, 3.63) is 25.5 Å². The lowest BCUT2D eigenvalue weighted by Gasteiger charge is -2.04. The monoisotopic (exact) mass is 322 g/mol. The molecule has 0 N–H and O–H groups in total. The summed E-state index contributed by atoms with van der Waals surface area (Å²) >= 11 is 6.46. The highest BCUT2D eigenvalue weighted by Gasteiger charge is 2.05. The van der Waals surface area contributed by atoms with Gasteiger partial charge in [0.15, 0.2) is 0 Å². The van der Waals surface area contributed by atoms with E-state index in [9.17, 15) is 4.79 Å². The van der Waals surface area contributed by atoms with Crippen LogP contribution in [-0.2, 0) is 6.54 Å². The molecule has 1 aromatic rings. The lowest BCUT2D eigenvalue weighted by molar-refractivity contribution is 0.525. The van der Waals surface area contributed by atoms with Crippen molar-refractivity contribution in [1.82, 2.24) is 9.78 Å². The van der Waals surface area contributed by atoms with Crippen molar-refractivity contribution in [1.29, 1.82) is 0 Å². The first-order valence-corrected chi connectivity index (χ1v) is 6.16. The Bertz CT molecular complexity index is 362. The molecule has 0 radical (unpaired) electrons. The zero-order valence-corrected chi connectivity index (χ0v) is 11.1. The number of nitrogens with zero attached hydrogens (tertiary/aromatic N) is 2. The number of halogens is 2. The lowest BCUT2D eigenvalue weighted by atomic mass is 10.2. The summed E-state index contributed by atoms with van der Waals surface area (Å²) in [6.45, 7) is 2.83. The Morgan fingerprint density at radius 1 is 1.43 bits per heavy atom. The minimum Gasteiger partial charge on any atom is -0.266 e. The quantitative estimate of drug-likeness (QED) is 0.798. The zero-order chi connectivity index (χ0) is 10.6. The molecule has 1 heterocycles. The number of aromatic nitrogens is 2. The molecule has 0 fully saturated rings. The molecule has 0 aliphatic rings. The molecule has 0 aromatic carbocycles. The van der Waals surface area contributed by atoms with Gasteiger partial charge in [0, 0.05) is 6.54 Å². The maximum atomic E-state index is 11.6. The van der Waals surface area contributed by atoms with E-state index >= 15 is 0 Å². The molecular weight excluding hydrogens is 312 g/mol. The van der Waals surface area contributed by atoms with Gasteiger partial charge in [-0.3, -0.25) is 4.79 Å². The normalized spacial score (nSPS) is 10.5. The third-order valence-electron chi connectivity index (χ3n) is 1.92. The molecule has 1 aromatic heterocycles. The van der Waals surface area contributed by atoms with Crippen LogP contribution in [-0.4, -0.2) is 9.78 Å². The molecule has 0 saturated heterocycles. The Hall–Kier alpha value is -0.160. The smallest absolute Gasteiger partial charge is 0.266 e. The summed E-state index contributed by atoms with van der Waals surface area (Å²) in [5, 5.41) is 4.04. The van der Waals surface area contributed by atoms with E-state index in [1.165, 1.54) is 4.68 Å². The molecule has 0 atom stereocenters. The average molecular weight is 324 g/mol. The van der Waals surface area contributed by atoms with Gasteiger partial charge in [0.05, 0.1) is 10.7 Å². The van der Waals surface area contributed by atoms with Crippen LogP contribution in [0.4, 0.5) is 0 Å². The van der Waals surface area contributed by atoms with E-state index in [0.717, 1.165) is 19.3 Å². The van der Waals surface area contributed by atoms with Gasteiger partial charge in [-0.25, -0.2) is 4.68 Å². The minimum atomic E-state index is -0.0736. The Morgan fingerprint density at radius 2 is 2.14 bits per heavy atom. The summed E-state index contributed by atoms with van der Waals surface area (Å²) in [7, 11) is 0. The fraction of sp³-hybridized carbons (Fsp3) is 0.556. The van der Waals surface area contributed by atoms with Crippen LogP contribution in [0.2, 0.25) is 0 Å². The third-order valence-corrected chi connectivity index (χ3v) is 3.82. The highest BCUT2D eigenvalue weighted by atomic mass is 79.9. The van der Waals surface area contributed by atoms with E-state index in [-0.39, 0.29) is 5.56 Å². The van der Waals surface area contributed by atoms with Gasteiger partial charge in [0.2, 0.25) is 0 Å². The maximum absolute atomic E-state index is 11.6. The van der Waals surface area contributed by atoms with E-state index in [4.69, 9.17) is 0 Å². The maximum Gasteiger partial charge on any atom is 0.282 e. The Balaban J connectivity index is 2.79. The van der Waals surface area contributed by atoms with Crippen LogP contribution in [0, 0.1) is 0 Å². The summed E-state index contributed by atoms with van der Waals surface area (Å²) in [6.07, 6.45) is 4.91. The molecule has 0 unspecified atom stereocenters. The number of rotatable bonds is 4. The molecular formula is C9H12Br2N2O. The number of hydrogen-bond donors (Lipinski definition) is 0. The average Bonchev–Trinajstić information content (AvgIpc) is 2.18. The van der Waals surface area contributed by atoms with Crippen molar-refractivity contribution in [2.24, 2.45) is 0 Å². The van der Waals surface area contributed by atoms with Gasteiger partial charge in [-0.05, 0) is 38.3 Å². The number of unbranched alkanes of at least 4 members (excludes halogenated alkanes) is 2. The van der Waals surface area contributed by atoms with Crippen LogP contribution in [0.25, 0.3) is 0 Å². The molecule has 0 aliphatic carbocycles. The first-order valence-electron chi connectivity index (χ1n) is 4.58. The van der Waals surface area contributed by atoms with Gasteiger partial charge < -0.3 is 0 Å². The van der Waals surface area contributed by atoms with Crippen molar-refractivity contribution in [3.8, 4) is 0 Å². The molecule has 1 rings (SSSR count). The van der Waals surface area contributed by atoms with Gasteiger partial charge >= 0.3 is 0 Å². The van der Waals surface area contributed by atoms with Crippen molar-refractivity contribution in [3.63, 3.8) is 0 Å². The van der Waals surface area contributed by atoms with Gasteiger partial charge in [-0.15, -0.1) is 0 Å². The van der Waals surface area contributed by atoms with Crippen molar-refractivity contribution < 1.29 is 0 Å². The first kappa shape index (κ1) is 11.9. The predicted octanol–water partition coefficient (Wildman–Crippen LogP) is 2.96. The van der Waals surface area contributed by atoms with Crippen molar-refractivity contribution in [2.75, 3.05) is 0 Å². The molecule has 0 aliphatic heterocycles. The summed E-state index contributed by atoms with van der Waals surface area (Å²) in [5.74, 6) is 0. The van der Waals surface area contributed by atoms with Crippen LogP contribution < -0.4 is 5.56 Å². The Kier molecular flexibility index (Phi) is 4.81. The van der Waals surface area contributed by atoms with Gasteiger partial charge in [0.1, 0.15) is 4.47 Å². The molecule has 0 bridgehead atoms. The molecule has 3 nitrogen and oxygen atoms in total. The summed E-state index contributed by atoms with van der Waals surface area (Å²) < 4.78 is 2.74. The summed E-state index contributed by atoms with van der Waals surface area (Å²) in [6, 6.07) is 0. The first-order chi connectivity index (χ1) is 6.66. The topological polar surface area (TPSA) is 34.9 Å². The SMILES string of the molecule is CCCCCn1ncc(Br)c(Br)c1=O. The highest BCUT2D eigenvalue weighted by Crippen LogP contribution is 2.16. The third kappa shape index (κ3) is 2.92. The van der Waals surface area contributed by atoms with Crippen LogP contribution in [0.5, 0.6) is 0 Å². The summed E-state index contributed by atoms with van der Waals surface area (Å²) in [4.78, 5) is 11.6.